The fourth-order valence-electron chi connectivity index (χ4n) is 4.20. The predicted octanol–water partition coefficient (Wildman–Crippen LogP) is 0.543. The van der Waals surface area contributed by atoms with E-state index in [4.69, 9.17) is 0 Å². The number of nitrogens with zero attached hydrogens (tertiary/aromatic N) is 2. The molecule has 3 aliphatic rings. The fourth-order valence-corrected chi connectivity index (χ4v) is 6.09. The normalized spacial score (nSPS) is 32.6. The van der Waals surface area contributed by atoms with Gasteiger partial charge >= 0.3 is 0 Å². The molecule has 7 nitrogen and oxygen atoms in total. The van der Waals surface area contributed by atoms with E-state index >= 15 is 0 Å². The minimum atomic E-state index is -3.36. The molecule has 2 N–H and O–H groups in total. The number of carbonyl (C=O) groups excluding carboxylic acids is 1. The lowest BCUT2D eigenvalue weighted by atomic mass is 9.99. The molecule has 0 aromatic heterocycles. The zero-order valence-electron chi connectivity index (χ0n) is 15.2. The quantitative estimate of drug-likeness (QED) is 0.738. The molecule has 0 radical (unpaired) electrons. The van der Waals surface area contributed by atoms with Gasteiger partial charge in [-0.05, 0) is 56.9 Å². The number of rotatable bonds is 5. The van der Waals surface area contributed by atoms with Crippen molar-refractivity contribution in [3.8, 4) is 0 Å². The minimum Gasteiger partial charge on any atom is -0.354 e. The van der Waals surface area contributed by atoms with Gasteiger partial charge in [0.1, 0.15) is 0 Å². The lowest BCUT2D eigenvalue weighted by Crippen LogP contribution is -2.52. The summed E-state index contributed by atoms with van der Waals surface area (Å²) in [6.45, 7) is 5.98. The Hall–Kier alpha value is -0.700. The van der Waals surface area contributed by atoms with Crippen molar-refractivity contribution in [2.75, 3.05) is 39.3 Å². The van der Waals surface area contributed by atoms with Crippen LogP contribution < -0.4 is 10.6 Å². The second kappa shape index (κ2) is 8.33. The number of nitrogens with one attached hydrogen (secondary N) is 2. The average molecular weight is 373 g/mol. The van der Waals surface area contributed by atoms with Crippen LogP contribution in [0.4, 0.5) is 0 Å². The van der Waals surface area contributed by atoms with Crippen molar-refractivity contribution in [1.82, 2.24) is 19.2 Å². The van der Waals surface area contributed by atoms with Crippen LogP contribution in [0.2, 0.25) is 0 Å². The van der Waals surface area contributed by atoms with Gasteiger partial charge in [0.2, 0.25) is 5.91 Å². The second-order valence-corrected chi connectivity index (χ2v) is 9.80. The zero-order chi connectivity index (χ0) is 17.9. The van der Waals surface area contributed by atoms with E-state index in [1.165, 1.54) is 0 Å². The van der Waals surface area contributed by atoms with Crippen molar-refractivity contribution in [2.45, 2.75) is 51.5 Å². The van der Waals surface area contributed by atoms with Crippen LogP contribution in [0.15, 0.2) is 0 Å². The van der Waals surface area contributed by atoms with Crippen LogP contribution >= 0.6 is 0 Å². The highest BCUT2D eigenvalue weighted by molar-refractivity contribution is 7.86. The molecule has 3 heterocycles. The molecule has 0 aromatic rings. The topological polar surface area (TPSA) is 81.8 Å². The molecular formula is C17H32N4O3S. The Bertz CT molecular complexity index is 562. The van der Waals surface area contributed by atoms with Crippen LogP contribution in [0.5, 0.6) is 0 Å². The Morgan fingerprint density at radius 1 is 1.08 bits per heavy atom. The minimum absolute atomic E-state index is 0.0577. The average Bonchev–Trinajstić information content (AvgIpc) is 3.15. The highest BCUT2D eigenvalue weighted by atomic mass is 32.2. The van der Waals surface area contributed by atoms with Crippen LogP contribution in [0.25, 0.3) is 0 Å². The van der Waals surface area contributed by atoms with Crippen LogP contribution in [0.1, 0.15) is 45.4 Å². The van der Waals surface area contributed by atoms with E-state index in [2.05, 4.69) is 17.6 Å². The van der Waals surface area contributed by atoms with E-state index < -0.39 is 10.2 Å². The maximum atomic E-state index is 12.9. The monoisotopic (exact) mass is 372 g/mol. The largest absolute Gasteiger partial charge is 0.354 e. The molecule has 3 atom stereocenters. The van der Waals surface area contributed by atoms with Gasteiger partial charge in [-0.3, -0.25) is 4.79 Å². The van der Waals surface area contributed by atoms with Crippen molar-refractivity contribution >= 4 is 16.1 Å². The lowest BCUT2D eigenvalue weighted by molar-refractivity contribution is -0.123. The van der Waals surface area contributed by atoms with Gasteiger partial charge in [-0.25, -0.2) is 0 Å². The van der Waals surface area contributed by atoms with Gasteiger partial charge in [-0.15, -0.1) is 0 Å². The van der Waals surface area contributed by atoms with Crippen LogP contribution in [0.3, 0.4) is 0 Å². The van der Waals surface area contributed by atoms with Crippen LogP contribution in [0, 0.1) is 11.8 Å². The molecule has 3 rings (SSSR count). The molecule has 25 heavy (non-hydrogen) atoms. The lowest BCUT2D eigenvalue weighted by Gasteiger charge is -2.38. The Labute approximate surface area is 151 Å². The van der Waals surface area contributed by atoms with Gasteiger partial charge in [-0.2, -0.15) is 17.0 Å². The van der Waals surface area contributed by atoms with E-state index in [0.717, 1.165) is 45.1 Å². The third-order valence-corrected chi connectivity index (χ3v) is 7.66. The van der Waals surface area contributed by atoms with E-state index in [9.17, 15) is 13.2 Å². The zero-order valence-corrected chi connectivity index (χ0v) is 16.1. The first-order valence-electron chi connectivity index (χ1n) is 9.73. The molecule has 0 bridgehead atoms. The van der Waals surface area contributed by atoms with E-state index in [-0.39, 0.29) is 17.9 Å². The van der Waals surface area contributed by atoms with Gasteiger partial charge in [0, 0.05) is 32.7 Å². The highest BCUT2D eigenvalue weighted by Crippen LogP contribution is 2.25. The molecule has 0 aliphatic carbocycles. The van der Waals surface area contributed by atoms with Crippen molar-refractivity contribution in [2.24, 2.45) is 11.8 Å². The van der Waals surface area contributed by atoms with Crippen LogP contribution in [-0.4, -0.2) is 68.2 Å². The summed E-state index contributed by atoms with van der Waals surface area (Å²) >= 11 is 0. The molecule has 3 saturated heterocycles. The summed E-state index contributed by atoms with van der Waals surface area (Å²) in [4.78, 5) is 12.1. The van der Waals surface area contributed by atoms with Crippen molar-refractivity contribution < 1.29 is 13.2 Å². The first-order valence-corrected chi connectivity index (χ1v) is 11.1. The molecular weight excluding hydrogens is 340 g/mol. The van der Waals surface area contributed by atoms with Gasteiger partial charge in [-0.1, -0.05) is 6.92 Å². The van der Waals surface area contributed by atoms with E-state index in [1.54, 1.807) is 8.61 Å². The second-order valence-electron chi connectivity index (χ2n) is 7.87. The number of hydrogen-bond acceptors (Lipinski definition) is 4. The molecule has 3 aliphatic heterocycles. The van der Waals surface area contributed by atoms with Crippen molar-refractivity contribution in [3.05, 3.63) is 0 Å². The molecule has 0 spiro atoms. The first kappa shape index (κ1) is 19.1. The Balaban J connectivity index is 1.52. The summed E-state index contributed by atoms with van der Waals surface area (Å²) in [7, 11) is -3.36. The third kappa shape index (κ3) is 4.72. The van der Waals surface area contributed by atoms with Gasteiger partial charge in [0.05, 0.1) is 6.04 Å². The fraction of sp³-hybridized carbons (Fsp3) is 0.941. The van der Waals surface area contributed by atoms with Crippen molar-refractivity contribution in [1.29, 1.82) is 0 Å². The maximum absolute atomic E-state index is 12.9. The summed E-state index contributed by atoms with van der Waals surface area (Å²) in [6, 6.07) is -0.0711. The molecule has 3 unspecified atom stereocenters. The smallest absolute Gasteiger partial charge is 0.281 e. The number of carbonyl (C=O) groups is 1. The summed E-state index contributed by atoms with van der Waals surface area (Å²) in [5.74, 6) is 0.695. The predicted molar refractivity (Wildman–Crippen MR) is 97.2 cm³/mol. The first-order chi connectivity index (χ1) is 12.0. The summed E-state index contributed by atoms with van der Waals surface area (Å²) < 4.78 is 29.2. The summed E-state index contributed by atoms with van der Waals surface area (Å²) in [5.41, 5.74) is 0. The van der Waals surface area contributed by atoms with E-state index in [1.807, 2.05) is 0 Å². The van der Waals surface area contributed by atoms with Crippen molar-refractivity contribution in [3.63, 3.8) is 0 Å². The Morgan fingerprint density at radius 2 is 1.80 bits per heavy atom. The summed E-state index contributed by atoms with van der Waals surface area (Å²) in [5, 5.41) is 6.22. The van der Waals surface area contributed by atoms with Gasteiger partial charge < -0.3 is 10.6 Å². The Morgan fingerprint density at radius 3 is 2.48 bits per heavy atom. The molecule has 8 heteroatoms. The molecule has 0 saturated carbocycles. The van der Waals surface area contributed by atoms with Gasteiger partial charge in [0.25, 0.3) is 10.2 Å². The molecule has 0 aromatic carbocycles. The molecule has 1 amide bonds. The molecule has 144 valence electrons. The summed E-state index contributed by atoms with van der Waals surface area (Å²) in [6.07, 6.45) is 5.83. The third-order valence-electron chi connectivity index (χ3n) is 5.70. The van der Waals surface area contributed by atoms with Crippen LogP contribution in [-0.2, 0) is 15.0 Å². The maximum Gasteiger partial charge on any atom is 0.281 e. The number of amides is 1. The Kier molecular flexibility index (Phi) is 6.35. The molecule has 3 fully saturated rings. The standard InChI is InChI=1S/C17H32N4O3S/c1-14-5-3-9-20(12-14)25(23,24)21-10-4-6-15(13-21)11-19-17(22)16-7-2-8-18-16/h14-16,18H,2-13H2,1H3,(H,19,22). The van der Waals surface area contributed by atoms with E-state index in [0.29, 0.717) is 38.6 Å². The SMILES string of the molecule is CC1CCCN(S(=O)(=O)N2CCCC(CNC(=O)C3CCCN3)C2)C1. The number of hydrogen-bond donors (Lipinski definition) is 2. The van der Waals surface area contributed by atoms with Gasteiger partial charge in [0.15, 0.2) is 0 Å². The highest BCUT2D eigenvalue weighted by Gasteiger charge is 2.35. The number of piperidine rings is 2.